The molecule has 0 aliphatic rings. The number of H-pyrrole nitrogens is 1. The Bertz CT molecular complexity index is 1890. The van der Waals surface area contributed by atoms with Gasteiger partial charge in [0.05, 0.1) is 17.6 Å². The third-order valence-electron chi connectivity index (χ3n) is 6.77. The molecule has 2 aromatic heterocycles. The lowest BCUT2D eigenvalue weighted by molar-refractivity contribution is 0.0521. The second-order valence-corrected chi connectivity index (χ2v) is 9.50. The number of aromatic carboxylic acids is 1. The van der Waals surface area contributed by atoms with Gasteiger partial charge >= 0.3 is 11.9 Å². The van der Waals surface area contributed by atoms with E-state index < -0.39 is 11.9 Å². The Labute approximate surface area is 241 Å². The van der Waals surface area contributed by atoms with Crippen LogP contribution in [0.2, 0.25) is 0 Å². The number of nitrogens with two attached hydrogens (primary N) is 2. The molecule has 0 aliphatic carbocycles. The normalized spacial score (nSPS) is 10.8. The van der Waals surface area contributed by atoms with Crippen LogP contribution in [0.1, 0.15) is 34.8 Å². The van der Waals surface area contributed by atoms with Crippen LogP contribution in [0.25, 0.3) is 44.1 Å². The SMILES string of the molecule is CCOC(=O)c1n[nH]c2cc(-c3ccc(N)cc3)ccc12.CCn1nc(C(=O)O)c2ccc(-c3ccc(N)cc3)cc21. The molecule has 10 heteroatoms. The number of esters is 1. The van der Waals surface area contributed by atoms with E-state index in [4.69, 9.17) is 16.2 Å². The lowest BCUT2D eigenvalue weighted by Gasteiger charge is -2.04. The number of anilines is 2. The molecule has 2 heterocycles. The van der Waals surface area contributed by atoms with Crippen LogP contribution >= 0.6 is 0 Å². The van der Waals surface area contributed by atoms with E-state index in [0.717, 1.165) is 44.4 Å². The largest absolute Gasteiger partial charge is 0.476 e. The minimum atomic E-state index is -1.01. The highest BCUT2D eigenvalue weighted by Gasteiger charge is 2.17. The van der Waals surface area contributed by atoms with E-state index in [1.807, 2.05) is 91.9 Å². The summed E-state index contributed by atoms with van der Waals surface area (Å²) in [7, 11) is 0. The second kappa shape index (κ2) is 11.8. The zero-order valence-corrected chi connectivity index (χ0v) is 23.2. The van der Waals surface area contributed by atoms with E-state index in [9.17, 15) is 14.7 Å². The van der Waals surface area contributed by atoms with Gasteiger partial charge in [0.25, 0.3) is 0 Å². The number of hydrogen-bond donors (Lipinski definition) is 4. The summed E-state index contributed by atoms with van der Waals surface area (Å²) < 4.78 is 6.70. The molecule has 0 saturated heterocycles. The van der Waals surface area contributed by atoms with Gasteiger partial charge in [-0.15, -0.1) is 0 Å². The fourth-order valence-corrected chi connectivity index (χ4v) is 4.66. The van der Waals surface area contributed by atoms with Crippen molar-refractivity contribution in [3.63, 3.8) is 0 Å². The maximum atomic E-state index is 11.8. The first-order valence-corrected chi connectivity index (χ1v) is 13.4. The molecule has 42 heavy (non-hydrogen) atoms. The number of aryl methyl sites for hydroxylation is 1. The number of fused-ring (bicyclic) bond motifs is 2. The van der Waals surface area contributed by atoms with Crippen LogP contribution in [0.5, 0.6) is 0 Å². The van der Waals surface area contributed by atoms with Gasteiger partial charge in [-0.1, -0.05) is 36.4 Å². The number of rotatable bonds is 6. The molecule has 6 rings (SSSR count). The van der Waals surface area contributed by atoms with Crippen LogP contribution < -0.4 is 11.5 Å². The first kappa shape index (κ1) is 27.9. The maximum absolute atomic E-state index is 11.8. The van der Waals surface area contributed by atoms with Gasteiger partial charge in [-0.3, -0.25) is 9.78 Å². The first-order valence-electron chi connectivity index (χ1n) is 13.4. The number of carboxylic acids is 1. The van der Waals surface area contributed by atoms with Crippen molar-refractivity contribution in [2.75, 3.05) is 18.1 Å². The van der Waals surface area contributed by atoms with Gasteiger partial charge in [-0.05, 0) is 84.6 Å². The topological polar surface area (TPSA) is 162 Å². The van der Waals surface area contributed by atoms with Crippen LogP contribution in [0.3, 0.4) is 0 Å². The number of carboxylic acid groups (broad SMARTS) is 1. The number of hydrogen-bond acceptors (Lipinski definition) is 7. The second-order valence-electron chi connectivity index (χ2n) is 9.50. The van der Waals surface area contributed by atoms with Crippen molar-refractivity contribution < 1.29 is 19.4 Å². The third kappa shape index (κ3) is 5.64. The van der Waals surface area contributed by atoms with Crippen molar-refractivity contribution in [2.24, 2.45) is 0 Å². The lowest BCUT2D eigenvalue weighted by atomic mass is 10.0. The van der Waals surface area contributed by atoms with Gasteiger partial charge in [0, 0.05) is 28.7 Å². The van der Waals surface area contributed by atoms with E-state index in [-0.39, 0.29) is 5.69 Å². The molecule has 4 aromatic carbocycles. The number of nitrogens with one attached hydrogen (secondary N) is 1. The van der Waals surface area contributed by atoms with Gasteiger partial charge < -0.3 is 21.3 Å². The summed E-state index contributed by atoms with van der Waals surface area (Å²) in [5, 5.41) is 21.7. The van der Waals surface area contributed by atoms with Crippen LogP contribution in [0.15, 0.2) is 84.9 Å². The fraction of sp³-hybridized carbons (Fsp3) is 0.125. The molecular formula is C32H30N6O4. The van der Waals surface area contributed by atoms with E-state index in [1.165, 1.54) is 0 Å². The molecule has 0 saturated carbocycles. The van der Waals surface area contributed by atoms with Crippen molar-refractivity contribution >= 4 is 45.1 Å². The van der Waals surface area contributed by atoms with E-state index in [2.05, 4.69) is 15.3 Å². The Hall–Kier alpha value is -5.64. The van der Waals surface area contributed by atoms with Crippen LogP contribution in [-0.2, 0) is 11.3 Å². The highest BCUT2D eigenvalue weighted by Crippen LogP contribution is 2.28. The zero-order valence-electron chi connectivity index (χ0n) is 23.2. The molecule has 6 aromatic rings. The summed E-state index contributed by atoms with van der Waals surface area (Å²) in [5.74, 6) is -1.42. The first-order chi connectivity index (χ1) is 20.3. The van der Waals surface area contributed by atoms with E-state index in [0.29, 0.717) is 29.9 Å². The summed E-state index contributed by atoms with van der Waals surface area (Å²) in [4.78, 5) is 23.0. The molecule has 0 radical (unpaired) electrons. The van der Waals surface area contributed by atoms with Gasteiger partial charge in [0.1, 0.15) is 0 Å². The predicted molar refractivity (Wildman–Crippen MR) is 164 cm³/mol. The Kier molecular flexibility index (Phi) is 7.87. The van der Waals surface area contributed by atoms with Crippen molar-refractivity contribution in [1.29, 1.82) is 0 Å². The summed E-state index contributed by atoms with van der Waals surface area (Å²) >= 11 is 0. The smallest absolute Gasteiger partial charge is 0.359 e. The van der Waals surface area contributed by atoms with Crippen molar-refractivity contribution in [3.05, 3.63) is 96.3 Å². The maximum Gasteiger partial charge on any atom is 0.359 e. The number of carbonyl (C=O) groups is 2. The van der Waals surface area contributed by atoms with Gasteiger partial charge in [-0.2, -0.15) is 10.2 Å². The minimum Gasteiger partial charge on any atom is -0.476 e. The standard InChI is InChI=1S/2C16H15N3O2/c1-2-19-14-9-11(10-3-6-12(17)7-4-10)5-8-13(14)15(18-19)16(20)21;1-2-21-16(20)15-13-8-5-11(9-14(13)18-19-15)10-3-6-12(17)7-4-10/h3-9H,2,17H2,1H3,(H,20,21);3-9H,2,17H2,1H3,(H,18,19). The number of aromatic amines is 1. The van der Waals surface area contributed by atoms with Crippen LogP contribution in [-0.4, -0.2) is 43.6 Å². The Balaban J connectivity index is 0.000000168. The van der Waals surface area contributed by atoms with Crippen molar-refractivity contribution in [1.82, 2.24) is 20.0 Å². The molecule has 0 amide bonds. The number of nitrogen functional groups attached to an aromatic ring is 2. The molecule has 0 bridgehead atoms. The third-order valence-corrected chi connectivity index (χ3v) is 6.77. The summed E-state index contributed by atoms with van der Waals surface area (Å²) in [6.45, 7) is 4.66. The fourth-order valence-electron chi connectivity index (χ4n) is 4.66. The molecule has 0 spiro atoms. The Morgan fingerprint density at radius 3 is 1.88 bits per heavy atom. The zero-order chi connectivity index (χ0) is 29.8. The molecule has 10 nitrogen and oxygen atoms in total. The molecule has 0 aliphatic heterocycles. The highest BCUT2D eigenvalue weighted by atomic mass is 16.5. The van der Waals surface area contributed by atoms with Crippen molar-refractivity contribution in [3.8, 4) is 22.3 Å². The molecule has 212 valence electrons. The molecule has 6 N–H and O–H groups in total. The summed E-state index contributed by atoms with van der Waals surface area (Å²) in [6.07, 6.45) is 0. The summed E-state index contributed by atoms with van der Waals surface area (Å²) in [5.41, 5.74) is 19.0. The van der Waals surface area contributed by atoms with Crippen molar-refractivity contribution in [2.45, 2.75) is 20.4 Å². The molecule has 0 fully saturated rings. The number of aromatic nitrogens is 4. The van der Waals surface area contributed by atoms with E-state index >= 15 is 0 Å². The van der Waals surface area contributed by atoms with Gasteiger partial charge in [-0.25, -0.2) is 9.59 Å². The van der Waals surface area contributed by atoms with Crippen LogP contribution in [0, 0.1) is 0 Å². The van der Waals surface area contributed by atoms with Crippen LogP contribution in [0.4, 0.5) is 11.4 Å². The number of nitrogens with zero attached hydrogens (tertiary/aromatic N) is 3. The minimum absolute atomic E-state index is 0.0932. The molecular weight excluding hydrogens is 532 g/mol. The predicted octanol–water partition coefficient (Wildman–Crippen LogP) is 5.99. The number of carbonyl (C=O) groups excluding carboxylic acids is 1. The monoisotopic (exact) mass is 562 g/mol. The Morgan fingerprint density at radius 2 is 1.33 bits per heavy atom. The molecule has 0 atom stereocenters. The van der Waals surface area contributed by atoms with Gasteiger partial charge in [0.15, 0.2) is 11.4 Å². The number of ether oxygens (including phenoxy) is 1. The summed E-state index contributed by atoms with van der Waals surface area (Å²) in [6, 6.07) is 26.7. The average Bonchev–Trinajstić information content (AvgIpc) is 3.59. The van der Waals surface area contributed by atoms with E-state index in [1.54, 1.807) is 11.6 Å². The lowest BCUT2D eigenvalue weighted by Crippen LogP contribution is -2.05. The highest BCUT2D eigenvalue weighted by molar-refractivity contribution is 6.03. The average molecular weight is 563 g/mol. The Morgan fingerprint density at radius 1 is 0.786 bits per heavy atom. The number of benzene rings is 4. The molecule has 0 unspecified atom stereocenters. The quantitative estimate of drug-likeness (QED) is 0.142. The van der Waals surface area contributed by atoms with Gasteiger partial charge in [0.2, 0.25) is 0 Å².